The maximum absolute atomic E-state index is 15.1. The highest BCUT2D eigenvalue weighted by Gasteiger charge is 2.30. The molecule has 0 radical (unpaired) electrons. The zero-order valence-corrected chi connectivity index (χ0v) is 18.9. The van der Waals surface area contributed by atoms with Gasteiger partial charge in [0.15, 0.2) is 0 Å². The van der Waals surface area contributed by atoms with Gasteiger partial charge >= 0.3 is 0 Å². The molecule has 0 spiro atoms. The number of nitro groups is 1. The second kappa shape index (κ2) is 8.95. The molecule has 10 heteroatoms. The number of nitro benzene ring substituents is 1. The molecule has 1 aromatic heterocycles. The molecule has 0 aliphatic carbocycles. The number of benzene rings is 1. The van der Waals surface area contributed by atoms with Gasteiger partial charge in [0.1, 0.15) is 11.5 Å². The molecule has 0 amide bonds. The Labute approximate surface area is 187 Å². The van der Waals surface area contributed by atoms with Crippen molar-refractivity contribution in [2.45, 2.75) is 38.5 Å². The highest BCUT2D eigenvalue weighted by molar-refractivity contribution is 5.74. The minimum absolute atomic E-state index is 0.0624. The molecule has 32 heavy (non-hydrogen) atoms. The number of ether oxygens (including phenoxy) is 1. The van der Waals surface area contributed by atoms with Crippen molar-refractivity contribution in [2.24, 2.45) is 0 Å². The molecule has 2 fully saturated rings. The lowest BCUT2D eigenvalue weighted by Crippen LogP contribution is -2.46. The first-order chi connectivity index (χ1) is 15.2. The Morgan fingerprint density at radius 1 is 1.12 bits per heavy atom. The summed E-state index contributed by atoms with van der Waals surface area (Å²) in [5, 5.41) is 11.8. The van der Waals surface area contributed by atoms with Crippen LogP contribution >= 0.6 is 0 Å². The van der Waals surface area contributed by atoms with E-state index in [1.54, 1.807) is 0 Å². The van der Waals surface area contributed by atoms with Crippen LogP contribution in [0, 0.1) is 15.9 Å². The maximum atomic E-state index is 15.1. The van der Waals surface area contributed by atoms with Gasteiger partial charge in [0, 0.05) is 67.9 Å². The summed E-state index contributed by atoms with van der Waals surface area (Å²) in [5.74, 6) is 0.0120. The van der Waals surface area contributed by atoms with Crippen LogP contribution in [0.5, 0.6) is 0 Å². The number of aromatic nitrogens is 2. The Balaban J connectivity index is 1.61. The fourth-order valence-electron chi connectivity index (χ4n) is 4.52. The average molecular weight is 445 g/mol. The van der Waals surface area contributed by atoms with Crippen molar-refractivity contribution in [1.29, 1.82) is 0 Å². The standard InChI is InChI=1S/C22H29FN6O3/c1-14-11-28(12-15(2)32-14)22-24-9-16(10-25-22)18-7-21(29(30)31)20(8-19(18)23)27-6-5-17(13-27)26(3)4/h7-10,14-15,17H,5-6,11-13H2,1-4H3. The minimum atomic E-state index is -0.524. The summed E-state index contributed by atoms with van der Waals surface area (Å²) in [4.78, 5) is 26.2. The van der Waals surface area contributed by atoms with Crippen molar-refractivity contribution in [1.82, 2.24) is 14.9 Å². The van der Waals surface area contributed by atoms with Gasteiger partial charge in [-0.2, -0.15) is 0 Å². The summed E-state index contributed by atoms with van der Waals surface area (Å²) in [6, 6.07) is 2.85. The summed E-state index contributed by atoms with van der Waals surface area (Å²) in [6.07, 6.45) is 4.04. The number of halogens is 1. The number of hydrogen-bond acceptors (Lipinski definition) is 8. The molecule has 0 N–H and O–H groups in total. The van der Waals surface area contributed by atoms with E-state index in [0.717, 1.165) is 6.42 Å². The molecule has 3 atom stereocenters. The van der Waals surface area contributed by atoms with Crippen LogP contribution in [0.1, 0.15) is 20.3 Å². The van der Waals surface area contributed by atoms with Crippen molar-refractivity contribution < 1.29 is 14.1 Å². The van der Waals surface area contributed by atoms with Gasteiger partial charge in [-0.15, -0.1) is 0 Å². The first kappa shape index (κ1) is 22.3. The minimum Gasteiger partial charge on any atom is -0.372 e. The third-order valence-electron chi connectivity index (χ3n) is 6.15. The lowest BCUT2D eigenvalue weighted by molar-refractivity contribution is -0.384. The summed E-state index contributed by atoms with van der Waals surface area (Å²) in [6.45, 7) is 6.60. The van der Waals surface area contributed by atoms with E-state index >= 15 is 4.39 Å². The molecule has 2 aliphatic heterocycles. The van der Waals surface area contributed by atoms with Crippen molar-refractivity contribution in [3.05, 3.63) is 40.5 Å². The van der Waals surface area contributed by atoms with Gasteiger partial charge < -0.3 is 19.4 Å². The van der Waals surface area contributed by atoms with Gasteiger partial charge in [0.05, 0.1) is 17.1 Å². The Hall–Kier alpha value is -2.85. The molecule has 3 heterocycles. The monoisotopic (exact) mass is 444 g/mol. The topological polar surface area (TPSA) is 87.9 Å². The average Bonchev–Trinajstić information content (AvgIpc) is 3.23. The molecule has 0 saturated carbocycles. The largest absolute Gasteiger partial charge is 0.372 e. The molecular formula is C22H29FN6O3. The predicted molar refractivity (Wildman–Crippen MR) is 121 cm³/mol. The van der Waals surface area contributed by atoms with E-state index in [1.807, 2.05) is 37.7 Å². The summed E-state index contributed by atoms with van der Waals surface area (Å²) in [7, 11) is 3.96. The first-order valence-corrected chi connectivity index (χ1v) is 10.8. The van der Waals surface area contributed by atoms with Gasteiger partial charge in [0.2, 0.25) is 5.95 Å². The van der Waals surface area contributed by atoms with Crippen molar-refractivity contribution in [3.63, 3.8) is 0 Å². The predicted octanol–water partition coefficient (Wildman–Crippen LogP) is 2.94. The molecule has 2 saturated heterocycles. The fraction of sp³-hybridized carbons (Fsp3) is 0.545. The molecular weight excluding hydrogens is 415 g/mol. The van der Waals surface area contributed by atoms with E-state index in [0.29, 0.717) is 43.4 Å². The van der Waals surface area contributed by atoms with E-state index in [4.69, 9.17) is 4.74 Å². The first-order valence-electron chi connectivity index (χ1n) is 10.8. The van der Waals surface area contributed by atoms with Gasteiger partial charge in [-0.1, -0.05) is 0 Å². The van der Waals surface area contributed by atoms with Gasteiger partial charge in [-0.25, -0.2) is 14.4 Å². The van der Waals surface area contributed by atoms with Crippen LogP contribution in [0.3, 0.4) is 0 Å². The number of anilines is 2. The molecule has 4 rings (SSSR count). The summed E-state index contributed by atoms with van der Waals surface area (Å²) in [5.41, 5.74) is 0.733. The molecule has 2 aliphatic rings. The van der Waals surface area contributed by atoms with E-state index in [2.05, 4.69) is 14.9 Å². The number of nitrogens with zero attached hydrogens (tertiary/aromatic N) is 6. The lowest BCUT2D eigenvalue weighted by atomic mass is 10.1. The molecule has 2 aromatic rings. The zero-order chi connectivity index (χ0) is 23.0. The lowest BCUT2D eigenvalue weighted by Gasteiger charge is -2.35. The highest BCUT2D eigenvalue weighted by Crippen LogP contribution is 2.37. The van der Waals surface area contributed by atoms with Gasteiger partial charge in [-0.05, 0) is 34.4 Å². The van der Waals surface area contributed by atoms with E-state index < -0.39 is 10.7 Å². The molecule has 1 aromatic carbocycles. The number of hydrogen-bond donors (Lipinski definition) is 0. The van der Waals surface area contributed by atoms with Crippen LogP contribution in [0.2, 0.25) is 0 Å². The Kier molecular flexibility index (Phi) is 6.25. The number of rotatable bonds is 5. The zero-order valence-electron chi connectivity index (χ0n) is 18.9. The Morgan fingerprint density at radius 3 is 2.34 bits per heavy atom. The molecule has 172 valence electrons. The quantitative estimate of drug-likeness (QED) is 0.514. The third-order valence-corrected chi connectivity index (χ3v) is 6.15. The SMILES string of the molecule is CC1CN(c2ncc(-c3cc([N+](=O)[O-])c(N4CCC(N(C)C)C4)cc3F)cn2)CC(C)O1. The highest BCUT2D eigenvalue weighted by atomic mass is 19.1. The van der Waals surface area contributed by atoms with Crippen LogP contribution in [-0.2, 0) is 4.74 Å². The Morgan fingerprint density at radius 2 is 1.78 bits per heavy atom. The van der Waals surface area contributed by atoms with Crippen LogP contribution in [0.25, 0.3) is 11.1 Å². The number of likely N-dealkylation sites (N-methyl/N-ethyl adjacent to an activating group) is 1. The van der Waals surface area contributed by atoms with E-state index in [-0.39, 0.29) is 29.5 Å². The van der Waals surface area contributed by atoms with Crippen LogP contribution in [0.15, 0.2) is 24.5 Å². The van der Waals surface area contributed by atoms with Gasteiger partial charge in [-0.3, -0.25) is 10.1 Å². The van der Waals surface area contributed by atoms with Crippen molar-refractivity contribution >= 4 is 17.3 Å². The van der Waals surface area contributed by atoms with Crippen molar-refractivity contribution in [3.8, 4) is 11.1 Å². The summed E-state index contributed by atoms with van der Waals surface area (Å²) >= 11 is 0. The molecule has 3 unspecified atom stereocenters. The normalized spacial score (nSPS) is 23.8. The van der Waals surface area contributed by atoms with Gasteiger partial charge in [0.25, 0.3) is 5.69 Å². The van der Waals surface area contributed by atoms with Crippen LogP contribution in [-0.4, -0.2) is 78.3 Å². The van der Waals surface area contributed by atoms with Crippen LogP contribution < -0.4 is 9.80 Å². The second-order valence-corrected chi connectivity index (χ2v) is 8.86. The molecule has 9 nitrogen and oxygen atoms in total. The van der Waals surface area contributed by atoms with Crippen LogP contribution in [0.4, 0.5) is 21.7 Å². The third kappa shape index (κ3) is 4.51. The molecule has 0 bridgehead atoms. The summed E-state index contributed by atoms with van der Waals surface area (Å²) < 4.78 is 20.8. The fourth-order valence-corrected chi connectivity index (χ4v) is 4.52. The smallest absolute Gasteiger partial charge is 0.293 e. The second-order valence-electron chi connectivity index (χ2n) is 8.86. The van der Waals surface area contributed by atoms with Crippen molar-refractivity contribution in [2.75, 3.05) is 50.1 Å². The van der Waals surface area contributed by atoms with E-state index in [9.17, 15) is 10.1 Å². The number of morpholine rings is 1. The van der Waals surface area contributed by atoms with E-state index in [1.165, 1.54) is 24.5 Å². The Bertz CT molecular complexity index is 976. The maximum Gasteiger partial charge on any atom is 0.293 e.